The molecule has 2 saturated heterocycles. The molecule has 2 aromatic carbocycles. The number of aromatic nitrogens is 2. The number of aromatic hydroxyl groups is 1. The highest BCUT2D eigenvalue weighted by molar-refractivity contribution is 5.95. The van der Waals surface area contributed by atoms with Gasteiger partial charge in [-0.1, -0.05) is 30.8 Å². The van der Waals surface area contributed by atoms with Gasteiger partial charge in [-0.15, -0.1) is 0 Å². The first kappa shape index (κ1) is 28.2. The van der Waals surface area contributed by atoms with E-state index in [4.69, 9.17) is 19.4 Å². The molecule has 0 radical (unpaired) electrons. The molecule has 42 heavy (non-hydrogen) atoms. The number of rotatable bonds is 8. The summed E-state index contributed by atoms with van der Waals surface area (Å²) < 4.78 is 11.8. The Morgan fingerprint density at radius 1 is 1.12 bits per heavy atom. The first-order valence-corrected chi connectivity index (χ1v) is 15.0. The van der Waals surface area contributed by atoms with Crippen molar-refractivity contribution >= 4 is 28.2 Å². The number of carbonyl (C=O) groups is 1. The van der Waals surface area contributed by atoms with Crippen LogP contribution in [-0.2, 0) is 22.5 Å². The number of hydrogen-bond acceptors (Lipinski definition) is 9. The van der Waals surface area contributed by atoms with Crippen molar-refractivity contribution < 1.29 is 19.4 Å². The normalized spacial score (nSPS) is 19.5. The number of benzene rings is 2. The molecule has 222 valence electrons. The van der Waals surface area contributed by atoms with Gasteiger partial charge >= 0.3 is 6.01 Å². The van der Waals surface area contributed by atoms with E-state index in [1.807, 2.05) is 29.2 Å². The Morgan fingerprint density at radius 3 is 2.76 bits per heavy atom. The van der Waals surface area contributed by atoms with Crippen molar-refractivity contribution in [2.45, 2.75) is 32.4 Å². The van der Waals surface area contributed by atoms with Crippen molar-refractivity contribution in [2.24, 2.45) is 0 Å². The molecular formula is C32H40N6O4. The summed E-state index contributed by atoms with van der Waals surface area (Å²) in [4.78, 5) is 30.8. The molecule has 2 fully saturated rings. The minimum absolute atomic E-state index is 0.0352. The Balaban J connectivity index is 1.23. The van der Waals surface area contributed by atoms with Gasteiger partial charge < -0.3 is 29.3 Å². The highest BCUT2D eigenvalue weighted by Gasteiger charge is 2.29. The van der Waals surface area contributed by atoms with Crippen LogP contribution in [0.4, 0.5) is 11.5 Å². The molecule has 1 aromatic heterocycles. The molecule has 1 N–H and O–H groups in total. The van der Waals surface area contributed by atoms with Crippen molar-refractivity contribution in [2.75, 3.05) is 75.4 Å². The Bertz CT molecular complexity index is 1440. The van der Waals surface area contributed by atoms with E-state index < -0.39 is 0 Å². The van der Waals surface area contributed by atoms with Crippen LogP contribution >= 0.6 is 0 Å². The minimum atomic E-state index is -0.0352. The minimum Gasteiger partial charge on any atom is -0.508 e. The summed E-state index contributed by atoms with van der Waals surface area (Å²) in [6, 6.07) is 12.2. The molecule has 1 amide bonds. The smallest absolute Gasteiger partial charge is 0.318 e. The molecule has 0 bridgehead atoms. The molecule has 0 unspecified atom stereocenters. The number of carbonyl (C=O) groups excluding carboxylic acids is 1. The number of anilines is 2. The number of hydrogen-bond donors (Lipinski definition) is 1. The lowest BCUT2D eigenvalue weighted by atomic mass is 10.0. The number of nitrogens with zero attached hydrogens (tertiary/aromatic N) is 6. The van der Waals surface area contributed by atoms with E-state index in [0.717, 1.165) is 79.2 Å². The summed E-state index contributed by atoms with van der Waals surface area (Å²) in [5, 5.41) is 12.6. The van der Waals surface area contributed by atoms with Gasteiger partial charge in [-0.25, -0.2) is 0 Å². The van der Waals surface area contributed by atoms with Gasteiger partial charge in [-0.05, 0) is 37.3 Å². The molecule has 10 nitrogen and oxygen atoms in total. The summed E-state index contributed by atoms with van der Waals surface area (Å²) in [6.45, 7) is 13.9. The average molecular weight is 573 g/mol. The summed E-state index contributed by atoms with van der Waals surface area (Å²) in [5.74, 6) is 1.12. The predicted molar refractivity (Wildman–Crippen MR) is 163 cm³/mol. The number of morpholine rings is 1. The van der Waals surface area contributed by atoms with E-state index in [0.29, 0.717) is 45.3 Å². The van der Waals surface area contributed by atoms with Crippen LogP contribution in [0.5, 0.6) is 11.8 Å². The maximum absolute atomic E-state index is 12.2. The van der Waals surface area contributed by atoms with Crippen molar-refractivity contribution in [3.05, 3.63) is 60.3 Å². The van der Waals surface area contributed by atoms with Crippen molar-refractivity contribution in [1.29, 1.82) is 0 Å². The molecule has 10 heteroatoms. The third-order valence-corrected chi connectivity index (χ3v) is 8.43. The molecule has 3 aliphatic heterocycles. The molecule has 6 rings (SSSR count). The highest BCUT2D eigenvalue weighted by atomic mass is 16.5. The zero-order valence-corrected chi connectivity index (χ0v) is 24.4. The summed E-state index contributed by atoms with van der Waals surface area (Å²) in [5.41, 5.74) is 3.07. The van der Waals surface area contributed by atoms with E-state index in [2.05, 4.69) is 34.3 Å². The van der Waals surface area contributed by atoms with Gasteiger partial charge in [0.2, 0.25) is 5.91 Å². The molecule has 4 heterocycles. The van der Waals surface area contributed by atoms with Crippen LogP contribution in [0.3, 0.4) is 0 Å². The number of fused-ring (bicyclic) bond motifs is 2. The highest BCUT2D eigenvalue weighted by Crippen LogP contribution is 2.36. The molecule has 0 aliphatic carbocycles. The van der Waals surface area contributed by atoms with Gasteiger partial charge in [0.05, 0.1) is 31.6 Å². The quantitative estimate of drug-likeness (QED) is 0.323. The van der Waals surface area contributed by atoms with Crippen LogP contribution in [0.25, 0.3) is 10.8 Å². The fourth-order valence-electron chi connectivity index (χ4n) is 6.27. The monoisotopic (exact) mass is 572 g/mol. The van der Waals surface area contributed by atoms with E-state index in [1.165, 1.54) is 6.08 Å². The first-order valence-electron chi connectivity index (χ1n) is 15.0. The summed E-state index contributed by atoms with van der Waals surface area (Å²) in [6.07, 6.45) is 3.30. The molecule has 0 spiro atoms. The van der Waals surface area contributed by atoms with Crippen molar-refractivity contribution in [3.63, 3.8) is 0 Å². The maximum atomic E-state index is 12.2. The second kappa shape index (κ2) is 12.5. The predicted octanol–water partition coefficient (Wildman–Crippen LogP) is 3.22. The SMILES string of the molecule is C=CC(=O)N1CCN(c2nc(OCCCN3CCO[C@@H](C)C3)nc3c2CCN(c2cc(O)cc4ccccc24)C3)CC1. The van der Waals surface area contributed by atoms with E-state index in [9.17, 15) is 9.90 Å². The fourth-order valence-corrected chi connectivity index (χ4v) is 6.27. The molecule has 3 aromatic rings. The van der Waals surface area contributed by atoms with Gasteiger partial charge in [-0.2, -0.15) is 9.97 Å². The summed E-state index contributed by atoms with van der Waals surface area (Å²) >= 11 is 0. The Kier molecular flexibility index (Phi) is 8.43. The number of piperazine rings is 1. The largest absolute Gasteiger partial charge is 0.508 e. The molecular weight excluding hydrogens is 532 g/mol. The first-order chi connectivity index (χ1) is 20.5. The Morgan fingerprint density at radius 2 is 1.95 bits per heavy atom. The van der Waals surface area contributed by atoms with Crippen LogP contribution in [-0.4, -0.2) is 102 Å². The molecule has 0 saturated carbocycles. The Labute approximate surface area is 247 Å². The number of amides is 1. The molecule has 1 atom stereocenters. The van der Waals surface area contributed by atoms with E-state index >= 15 is 0 Å². The number of ether oxygens (including phenoxy) is 2. The lowest BCUT2D eigenvalue weighted by Gasteiger charge is -2.38. The number of phenols is 1. The van der Waals surface area contributed by atoms with Crippen LogP contribution in [0, 0.1) is 0 Å². The zero-order chi connectivity index (χ0) is 29.1. The third kappa shape index (κ3) is 6.15. The Hall–Kier alpha value is -3.89. The maximum Gasteiger partial charge on any atom is 0.318 e. The van der Waals surface area contributed by atoms with Crippen LogP contribution < -0.4 is 14.5 Å². The van der Waals surface area contributed by atoms with Crippen LogP contribution in [0.15, 0.2) is 49.1 Å². The van der Waals surface area contributed by atoms with Gasteiger partial charge in [-0.3, -0.25) is 9.69 Å². The second-order valence-electron chi connectivity index (χ2n) is 11.3. The topological polar surface area (TPSA) is 94.5 Å². The van der Waals surface area contributed by atoms with Gasteiger partial charge in [0.25, 0.3) is 0 Å². The zero-order valence-electron chi connectivity index (χ0n) is 24.4. The lowest BCUT2D eigenvalue weighted by Crippen LogP contribution is -2.49. The average Bonchev–Trinajstić information content (AvgIpc) is 3.01. The van der Waals surface area contributed by atoms with Crippen molar-refractivity contribution in [1.82, 2.24) is 19.8 Å². The van der Waals surface area contributed by atoms with Crippen LogP contribution in [0.1, 0.15) is 24.6 Å². The van der Waals surface area contributed by atoms with E-state index in [1.54, 1.807) is 6.07 Å². The van der Waals surface area contributed by atoms with Crippen LogP contribution in [0.2, 0.25) is 0 Å². The van der Waals surface area contributed by atoms with Gasteiger partial charge in [0.15, 0.2) is 0 Å². The van der Waals surface area contributed by atoms with Gasteiger partial charge in [0.1, 0.15) is 11.6 Å². The number of phenolic OH excluding ortho intramolecular Hbond substituents is 1. The van der Waals surface area contributed by atoms with E-state index in [-0.39, 0.29) is 17.8 Å². The standard InChI is InChI=1S/C32H40N6O4/c1-3-30(40)36-12-14-37(15-13-36)31-27-9-11-38(29-20-25(39)19-24-7-4-5-8-26(24)29)22-28(27)33-32(34-31)42-17-6-10-35-16-18-41-23(2)21-35/h3-5,7-8,19-20,23,39H,1,6,9-18,21-22H2,2H3/t23-/m0/s1. The fraction of sp³-hybridized carbons (Fsp3) is 0.469. The third-order valence-electron chi connectivity index (χ3n) is 8.43. The summed E-state index contributed by atoms with van der Waals surface area (Å²) in [7, 11) is 0. The van der Waals surface area contributed by atoms with Crippen molar-refractivity contribution in [3.8, 4) is 11.8 Å². The molecule has 3 aliphatic rings. The second-order valence-corrected chi connectivity index (χ2v) is 11.3. The lowest BCUT2D eigenvalue weighted by molar-refractivity contribution is -0.126. The van der Waals surface area contributed by atoms with Gasteiger partial charge in [0, 0.05) is 75.1 Å².